The second-order valence-corrected chi connectivity index (χ2v) is 4.07. The molecule has 2 atom stereocenters. The minimum Gasteiger partial charge on any atom is -0.480 e. The van der Waals surface area contributed by atoms with Gasteiger partial charge in [0, 0.05) is 13.1 Å². The van der Waals surface area contributed by atoms with Gasteiger partial charge in [0.2, 0.25) is 0 Å². The predicted molar refractivity (Wildman–Crippen MR) is 65.2 cm³/mol. The number of urea groups is 1. The summed E-state index contributed by atoms with van der Waals surface area (Å²) < 4.78 is 0. The molecule has 2 amide bonds. The Morgan fingerprint density at radius 2 is 1.94 bits per heavy atom. The van der Waals surface area contributed by atoms with E-state index >= 15 is 0 Å². The van der Waals surface area contributed by atoms with Crippen LogP contribution < -0.4 is 5.32 Å². The first kappa shape index (κ1) is 16.7. The van der Waals surface area contributed by atoms with E-state index < -0.39 is 24.1 Å². The summed E-state index contributed by atoms with van der Waals surface area (Å²) in [5.74, 6) is -1.29. The Morgan fingerprint density at radius 1 is 1.33 bits per heavy atom. The first-order valence-corrected chi connectivity index (χ1v) is 6.01. The molecule has 2 unspecified atom stereocenters. The Labute approximate surface area is 106 Å². The van der Waals surface area contributed by atoms with Crippen molar-refractivity contribution in [1.29, 1.82) is 0 Å². The number of nitrogens with one attached hydrogen (secondary N) is 1. The van der Waals surface area contributed by atoms with Gasteiger partial charge in [0.1, 0.15) is 0 Å². The molecule has 4 N–H and O–H groups in total. The lowest BCUT2D eigenvalue weighted by atomic mass is 10.2. The molecule has 7 heteroatoms. The number of carbonyl (C=O) groups is 2. The fraction of sp³-hybridized carbons (Fsp3) is 0.818. The van der Waals surface area contributed by atoms with Crippen molar-refractivity contribution in [1.82, 2.24) is 10.2 Å². The van der Waals surface area contributed by atoms with E-state index in [0.717, 1.165) is 12.8 Å². The van der Waals surface area contributed by atoms with E-state index in [2.05, 4.69) is 5.32 Å². The Bertz CT molecular complexity index is 270. The number of hydrogen-bond donors (Lipinski definition) is 4. The normalized spacial score (nSPS) is 13.8. The first-order valence-electron chi connectivity index (χ1n) is 6.01. The van der Waals surface area contributed by atoms with Crippen molar-refractivity contribution in [3.05, 3.63) is 0 Å². The number of carbonyl (C=O) groups excluding carboxylic acids is 1. The highest BCUT2D eigenvalue weighted by Crippen LogP contribution is 1.99. The van der Waals surface area contributed by atoms with Gasteiger partial charge >= 0.3 is 12.0 Å². The van der Waals surface area contributed by atoms with Gasteiger partial charge < -0.3 is 25.5 Å². The van der Waals surface area contributed by atoms with Gasteiger partial charge in [0.15, 0.2) is 6.04 Å². The van der Waals surface area contributed by atoms with Crippen molar-refractivity contribution in [3.8, 4) is 0 Å². The summed E-state index contributed by atoms with van der Waals surface area (Å²) in [6, 6.07) is -1.94. The minimum atomic E-state index is -1.35. The van der Waals surface area contributed by atoms with Crippen molar-refractivity contribution in [2.24, 2.45) is 0 Å². The topological polar surface area (TPSA) is 110 Å². The van der Waals surface area contributed by atoms with Crippen LogP contribution in [0, 0.1) is 0 Å². The van der Waals surface area contributed by atoms with Crippen LogP contribution in [0.1, 0.15) is 26.7 Å². The number of aliphatic hydroxyl groups is 2. The Hall–Kier alpha value is -1.34. The highest BCUT2D eigenvalue weighted by atomic mass is 16.4. The zero-order chi connectivity index (χ0) is 14.1. The molecule has 18 heavy (non-hydrogen) atoms. The number of carboxylic acids is 1. The fourth-order valence-electron chi connectivity index (χ4n) is 1.40. The van der Waals surface area contributed by atoms with E-state index in [1.54, 1.807) is 0 Å². The second kappa shape index (κ2) is 8.71. The van der Waals surface area contributed by atoms with Crippen molar-refractivity contribution in [2.45, 2.75) is 38.8 Å². The van der Waals surface area contributed by atoms with Crippen LogP contribution in [0.25, 0.3) is 0 Å². The summed E-state index contributed by atoms with van der Waals surface area (Å²) in [6.45, 7) is 3.64. The number of nitrogens with zero attached hydrogens (tertiary/aromatic N) is 1. The zero-order valence-corrected chi connectivity index (χ0v) is 10.8. The molecular weight excluding hydrogens is 240 g/mol. The van der Waals surface area contributed by atoms with Crippen LogP contribution in [0.3, 0.4) is 0 Å². The molecule has 106 valence electrons. The quantitative estimate of drug-likeness (QED) is 0.477. The van der Waals surface area contributed by atoms with Crippen molar-refractivity contribution < 1.29 is 24.9 Å². The number of unbranched alkanes of at least 4 members (excludes halogenated alkanes) is 1. The Kier molecular flexibility index (Phi) is 8.06. The monoisotopic (exact) mass is 262 g/mol. The molecule has 0 fully saturated rings. The molecule has 0 aliphatic heterocycles. The van der Waals surface area contributed by atoms with Crippen LogP contribution in [0.4, 0.5) is 4.79 Å². The van der Waals surface area contributed by atoms with Crippen LogP contribution in [-0.4, -0.2) is 64.1 Å². The van der Waals surface area contributed by atoms with E-state index in [4.69, 9.17) is 10.2 Å². The maximum Gasteiger partial charge on any atom is 0.328 e. The van der Waals surface area contributed by atoms with E-state index in [1.807, 2.05) is 6.92 Å². The molecule has 0 saturated carbocycles. The SMILES string of the molecule is CCCCN(CCO)C(=O)NC(C(=O)O)C(C)O. The van der Waals surface area contributed by atoms with Crippen LogP contribution in [0.5, 0.6) is 0 Å². The van der Waals surface area contributed by atoms with Crippen molar-refractivity contribution >= 4 is 12.0 Å². The smallest absolute Gasteiger partial charge is 0.328 e. The molecule has 0 bridgehead atoms. The fourth-order valence-corrected chi connectivity index (χ4v) is 1.40. The van der Waals surface area contributed by atoms with Gasteiger partial charge in [0.05, 0.1) is 12.7 Å². The highest BCUT2D eigenvalue weighted by molar-refractivity contribution is 5.83. The molecular formula is C11H22N2O5. The van der Waals surface area contributed by atoms with E-state index in [-0.39, 0.29) is 13.2 Å². The minimum absolute atomic E-state index is 0.137. The predicted octanol–water partition coefficient (Wildman–Crippen LogP) is -0.376. The van der Waals surface area contributed by atoms with Crippen molar-refractivity contribution in [3.63, 3.8) is 0 Å². The third kappa shape index (κ3) is 5.83. The summed E-state index contributed by atoms with van der Waals surface area (Å²) >= 11 is 0. The Morgan fingerprint density at radius 3 is 2.33 bits per heavy atom. The second-order valence-electron chi connectivity index (χ2n) is 4.07. The maximum atomic E-state index is 11.8. The molecule has 0 aliphatic carbocycles. The molecule has 0 aromatic rings. The number of rotatable bonds is 8. The first-order chi connectivity index (χ1) is 8.43. The number of aliphatic carboxylic acids is 1. The molecule has 7 nitrogen and oxygen atoms in total. The number of hydrogen-bond acceptors (Lipinski definition) is 4. The maximum absolute atomic E-state index is 11.8. The summed E-state index contributed by atoms with van der Waals surface area (Å²) in [4.78, 5) is 24.0. The van der Waals surface area contributed by atoms with Crippen LogP contribution >= 0.6 is 0 Å². The van der Waals surface area contributed by atoms with E-state index in [9.17, 15) is 14.7 Å². The van der Waals surface area contributed by atoms with Gasteiger partial charge in [0.25, 0.3) is 0 Å². The molecule has 0 aromatic heterocycles. The van der Waals surface area contributed by atoms with Crippen LogP contribution in [0.15, 0.2) is 0 Å². The molecule has 0 radical (unpaired) electrons. The summed E-state index contributed by atoms with van der Waals surface area (Å²) in [5, 5.41) is 29.2. The molecule has 0 spiro atoms. The average molecular weight is 262 g/mol. The summed E-state index contributed by atoms with van der Waals surface area (Å²) in [6.07, 6.45) is 0.460. The molecule has 0 rings (SSSR count). The third-order valence-electron chi connectivity index (χ3n) is 2.47. The lowest BCUT2D eigenvalue weighted by Crippen LogP contribution is -2.53. The number of amides is 2. The van der Waals surface area contributed by atoms with E-state index in [1.165, 1.54) is 11.8 Å². The van der Waals surface area contributed by atoms with Crippen LogP contribution in [0.2, 0.25) is 0 Å². The zero-order valence-electron chi connectivity index (χ0n) is 10.8. The summed E-state index contributed by atoms with van der Waals surface area (Å²) in [5.41, 5.74) is 0. The standard InChI is InChI=1S/C11H22N2O5/c1-3-4-5-13(6-7-14)11(18)12-9(8(2)15)10(16)17/h8-9,14-15H,3-7H2,1-2H3,(H,12,18)(H,16,17). The van der Waals surface area contributed by atoms with E-state index in [0.29, 0.717) is 6.54 Å². The largest absolute Gasteiger partial charge is 0.480 e. The van der Waals surface area contributed by atoms with Gasteiger partial charge in [-0.3, -0.25) is 0 Å². The summed E-state index contributed by atoms with van der Waals surface area (Å²) in [7, 11) is 0. The van der Waals surface area contributed by atoms with Gasteiger partial charge in [-0.05, 0) is 13.3 Å². The number of aliphatic hydroxyl groups excluding tert-OH is 2. The van der Waals surface area contributed by atoms with Crippen LogP contribution in [-0.2, 0) is 4.79 Å². The highest BCUT2D eigenvalue weighted by Gasteiger charge is 2.26. The third-order valence-corrected chi connectivity index (χ3v) is 2.47. The molecule has 0 aromatic carbocycles. The average Bonchev–Trinajstić information content (AvgIpc) is 2.30. The molecule has 0 saturated heterocycles. The van der Waals surface area contributed by atoms with Crippen molar-refractivity contribution in [2.75, 3.05) is 19.7 Å². The van der Waals surface area contributed by atoms with Gasteiger partial charge in [-0.25, -0.2) is 9.59 Å². The Balaban J connectivity index is 4.50. The van der Waals surface area contributed by atoms with Gasteiger partial charge in [-0.2, -0.15) is 0 Å². The van der Waals surface area contributed by atoms with Gasteiger partial charge in [-0.1, -0.05) is 13.3 Å². The molecule has 0 heterocycles. The lowest BCUT2D eigenvalue weighted by Gasteiger charge is -2.25. The molecule has 0 aliphatic rings. The van der Waals surface area contributed by atoms with Gasteiger partial charge in [-0.15, -0.1) is 0 Å². The lowest BCUT2D eigenvalue weighted by molar-refractivity contribution is -0.141. The number of carboxylic acid groups (broad SMARTS) is 1.